The lowest BCUT2D eigenvalue weighted by atomic mass is 9.89. The van der Waals surface area contributed by atoms with E-state index in [0.717, 1.165) is 62.4 Å². The molecule has 6 heteroatoms. The van der Waals surface area contributed by atoms with Gasteiger partial charge >= 0.3 is 0 Å². The molecule has 0 amide bonds. The molecule has 208 valence electrons. The SMILES string of the molecule is O=C(CCCCCC1CCOCC1)C[C@H](CN1CC[C@@H](F)C1)[C@H](O)c1cccc(OCc2ccccc2)c1. The summed E-state index contributed by atoms with van der Waals surface area (Å²) in [7, 11) is 0. The molecule has 0 saturated carbocycles. The van der Waals surface area contributed by atoms with Gasteiger partial charge in [-0.2, -0.15) is 0 Å². The summed E-state index contributed by atoms with van der Waals surface area (Å²) in [5, 5.41) is 11.4. The van der Waals surface area contributed by atoms with E-state index in [9.17, 15) is 14.3 Å². The average molecular weight is 526 g/mol. The molecular weight excluding hydrogens is 481 g/mol. The van der Waals surface area contributed by atoms with E-state index in [0.29, 0.717) is 51.3 Å². The molecule has 2 saturated heterocycles. The van der Waals surface area contributed by atoms with Crippen molar-refractivity contribution in [3.8, 4) is 5.75 Å². The summed E-state index contributed by atoms with van der Waals surface area (Å²) in [6.07, 6.45) is 6.39. The number of halogens is 1. The van der Waals surface area contributed by atoms with Crippen LogP contribution in [0.15, 0.2) is 54.6 Å². The van der Waals surface area contributed by atoms with Crippen molar-refractivity contribution >= 4 is 5.78 Å². The lowest BCUT2D eigenvalue weighted by molar-refractivity contribution is -0.121. The third-order valence-electron chi connectivity index (χ3n) is 8.00. The molecule has 0 unspecified atom stereocenters. The van der Waals surface area contributed by atoms with Gasteiger partial charge in [0.2, 0.25) is 0 Å². The number of aliphatic hydroxyl groups is 1. The predicted octanol–water partition coefficient (Wildman–Crippen LogP) is 6.30. The maximum atomic E-state index is 13.9. The van der Waals surface area contributed by atoms with Gasteiger partial charge in [-0.25, -0.2) is 4.39 Å². The highest BCUT2D eigenvalue weighted by Gasteiger charge is 2.30. The fraction of sp³-hybridized carbons (Fsp3) is 0.594. The number of likely N-dealkylation sites (tertiary alicyclic amines) is 1. The Kier molecular flexibility index (Phi) is 11.6. The van der Waals surface area contributed by atoms with Gasteiger partial charge in [0.05, 0.1) is 6.10 Å². The highest BCUT2D eigenvalue weighted by atomic mass is 19.1. The molecule has 0 bridgehead atoms. The summed E-state index contributed by atoms with van der Waals surface area (Å²) < 4.78 is 25.3. The van der Waals surface area contributed by atoms with Crippen LogP contribution in [0.25, 0.3) is 0 Å². The van der Waals surface area contributed by atoms with Crippen molar-refractivity contribution in [1.82, 2.24) is 4.90 Å². The number of Topliss-reactive ketones (excluding diaryl/α,β-unsaturated/α-hetero) is 1. The van der Waals surface area contributed by atoms with E-state index in [-0.39, 0.29) is 11.7 Å². The van der Waals surface area contributed by atoms with Crippen molar-refractivity contribution in [3.63, 3.8) is 0 Å². The fourth-order valence-electron chi connectivity index (χ4n) is 5.72. The lowest BCUT2D eigenvalue weighted by Crippen LogP contribution is -2.32. The van der Waals surface area contributed by atoms with Crippen LogP contribution in [-0.4, -0.2) is 54.8 Å². The zero-order chi connectivity index (χ0) is 26.6. The number of nitrogens with zero attached hydrogens (tertiary/aromatic N) is 1. The van der Waals surface area contributed by atoms with Gasteiger partial charge < -0.3 is 14.6 Å². The summed E-state index contributed by atoms with van der Waals surface area (Å²) in [4.78, 5) is 15.0. The van der Waals surface area contributed by atoms with Crippen LogP contribution in [-0.2, 0) is 16.1 Å². The topological polar surface area (TPSA) is 59.0 Å². The van der Waals surface area contributed by atoms with E-state index in [1.165, 1.54) is 6.42 Å². The molecule has 38 heavy (non-hydrogen) atoms. The summed E-state index contributed by atoms with van der Waals surface area (Å²) in [5.41, 5.74) is 1.81. The van der Waals surface area contributed by atoms with Gasteiger partial charge in [-0.1, -0.05) is 61.7 Å². The van der Waals surface area contributed by atoms with Gasteiger partial charge in [-0.05, 0) is 54.9 Å². The van der Waals surface area contributed by atoms with Gasteiger partial charge in [-0.3, -0.25) is 9.69 Å². The number of aliphatic hydroxyl groups excluding tert-OH is 1. The van der Waals surface area contributed by atoms with Crippen LogP contribution in [0.3, 0.4) is 0 Å². The van der Waals surface area contributed by atoms with Gasteiger partial charge in [0.25, 0.3) is 0 Å². The lowest BCUT2D eigenvalue weighted by Gasteiger charge is -2.27. The number of benzene rings is 2. The molecule has 1 N–H and O–H groups in total. The first-order valence-corrected chi connectivity index (χ1v) is 14.5. The number of hydrogen-bond donors (Lipinski definition) is 1. The molecule has 4 rings (SSSR count). The highest BCUT2D eigenvalue weighted by molar-refractivity contribution is 5.78. The van der Waals surface area contributed by atoms with Crippen LogP contribution in [0.5, 0.6) is 5.75 Å². The first-order valence-electron chi connectivity index (χ1n) is 14.5. The molecule has 2 aliphatic heterocycles. The van der Waals surface area contributed by atoms with Crippen LogP contribution in [0.2, 0.25) is 0 Å². The minimum atomic E-state index is -0.825. The largest absolute Gasteiger partial charge is 0.489 e. The highest BCUT2D eigenvalue weighted by Crippen LogP contribution is 2.31. The first-order chi connectivity index (χ1) is 18.6. The van der Waals surface area contributed by atoms with Crippen molar-refractivity contribution in [2.45, 2.75) is 76.7 Å². The van der Waals surface area contributed by atoms with Gasteiger partial charge in [0, 0.05) is 51.6 Å². The Morgan fingerprint density at radius 1 is 1.05 bits per heavy atom. The number of hydrogen-bond acceptors (Lipinski definition) is 5. The number of ether oxygens (including phenoxy) is 2. The number of ketones is 1. The standard InChI is InChI=1S/C32H44FNO4/c33-29-14-17-34(23-29)22-28(20-30(35)12-6-2-3-8-25-15-18-37-19-16-25)32(36)27-11-7-13-31(21-27)38-24-26-9-4-1-5-10-26/h1,4-5,7,9-11,13,21,25,28-29,32,36H,2-3,6,8,12,14-20,22-24H2/t28-,29-,32-/m1/s1. The van der Waals surface area contributed by atoms with E-state index in [1.54, 1.807) is 0 Å². The Balaban J connectivity index is 1.30. The predicted molar refractivity (Wildman–Crippen MR) is 148 cm³/mol. The second-order valence-corrected chi connectivity index (χ2v) is 11.1. The molecule has 5 nitrogen and oxygen atoms in total. The van der Waals surface area contributed by atoms with Gasteiger partial charge in [0.1, 0.15) is 24.3 Å². The fourth-order valence-corrected chi connectivity index (χ4v) is 5.72. The van der Waals surface area contributed by atoms with Crippen molar-refractivity contribution in [2.75, 3.05) is 32.8 Å². The number of alkyl halides is 1. The molecule has 2 heterocycles. The summed E-state index contributed by atoms with van der Waals surface area (Å²) >= 11 is 0. The Bertz CT molecular complexity index is 965. The van der Waals surface area contributed by atoms with Crippen LogP contribution < -0.4 is 4.74 Å². The molecular formula is C32H44FNO4. The molecule has 2 fully saturated rings. The van der Waals surface area contributed by atoms with E-state index >= 15 is 0 Å². The van der Waals surface area contributed by atoms with Crippen LogP contribution >= 0.6 is 0 Å². The minimum absolute atomic E-state index is 0.188. The third kappa shape index (κ3) is 9.48. The number of rotatable bonds is 15. The van der Waals surface area contributed by atoms with Crippen LogP contribution in [0.4, 0.5) is 4.39 Å². The average Bonchev–Trinajstić information content (AvgIpc) is 3.36. The quantitative estimate of drug-likeness (QED) is 0.277. The number of carbonyl (C=O) groups is 1. The Morgan fingerprint density at radius 3 is 2.63 bits per heavy atom. The van der Waals surface area contributed by atoms with E-state index < -0.39 is 12.3 Å². The van der Waals surface area contributed by atoms with E-state index in [1.807, 2.05) is 54.6 Å². The Morgan fingerprint density at radius 2 is 1.87 bits per heavy atom. The number of carbonyl (C=O) groups excluding carboxylic acids is 1. The summed E-state index contributed by atoms with van der Waals surface area (Å²) in [6.45, 7) is 3.79. The monoisotopic (exact) mass is 525 g/mol. The van der Waals surface area contributed by atoms with E-state index in [2.05, 4.69) is 4.90 Å². The number of unbranched alkanes of at least 4 members (excludes halogenated alkanes) is 2. The Labute approximate surface area is 227 Å². The van der Waals surface area contributed by atoms with Crippen molar-refractivity contribution in [2.24, 2.45) is 11.8 Å². The first kappa shape index (κ1) is 28.7. The van der Waals surface area contributed by atoms with Crippen molar-refractivity contribution < 1.29 is 23.8 Å². The van der Waals surface area contributed by atoms with Crippen LogP contribution in [0, 0.1) is 11.8 Å². The van der Waals surface area contributed by atoms with E-state index in [4.69, 9.17) is 9.47 Å². The molecule has 2 aromatic rings. The molecule has 0 aliphatic carbocycles. The molecule has 2 aliphatic rings. The maximum Gasteiger partial charge on any atom is 0.133 e. The summed E-state index contributed by atoms with van der Waals surface area (Å²) in [5.74, 6) is 1.36. The second kappa shape index (κ2) is 15.3. The molecule has 0 aromatic heterocycles. The zero-order valence-corrected chi connectivity index (χ0v) is 22.6. The van der Waals surface area contributed by atoms with Gasteiger partial charge in [0.15, 0.2) is 0 Å². The molecule has 2 aromatic carbocycles. The van der Waals surface area contributed by atoms with Crippen molar-refractivity contribution in [3.05, 3.63) is 65.7 Å². The van der Waals surface area contributed by atoms with Gasteiger partial charge in [-0.15, -0.1) is 0 Å². The normalized spacial score (nSPS) is 20.3. The maximum absolute atomic E-state index is 13.9. The molecule has 0 radical (unpaired) electrons. The zero-order valence-electron chi connectivity index (χ0n) is 22.6. The smallest absolute Gasteiger partial charge is 0.133 e. The second-order valence-electron chi connectivity index (χ2n) is 11.1. The van der Waals surface area contributed by atoms with Crippen molar-refractivity contribution in [1.29, 1.82) is 0 Å². The molecule has 0 spiro atoms. The third-order valence-corrected chi connectivity index (χ3v) is 8.00. The summed E-state index contributed by atoms with van der Waals surface area (Å²) in [6, 6.07) is 17.5. The minimum Gasteiger partial charge on any atom is -0.489 e. The van der Waals surface area contributed by atoms with Crippen LogP contribution in [0.1, 0.15) is 75.0 Å². The molecule has 3 atom stereocenters. The Hall–Kier alpha value is -2.28.